The molecule has 7 aromatic heterocycles. The zero-order valence-electron chi connectivity index (χ0n) is 39.2. The molecule has 354 valence electrons. The maximum Gasteiger partial charge on any atom is 0.225 e. The van der Waals surface area contributed by atoms with Crippen LogP contribution in [0.1, 0.15) is 80.1 Å². The van der Waals surface area contributed by atoms with Gasteiger partial charge < -0.3 is 42.4 Å². The van der Waals surface area contributed by atoms with Gasteiger partial charge in [-0.05, 0) is 76.5 Å². The van der Waals surface area contributed by atoms with Crippen LogP contribution in [0.5, 0.6) is 11.8 Å². The number of benzene rings is 1. The van der Waals surface area contributed by atoms with Gasteiger partial charge in [-0.2, -0.15) is 9.97 Å². The number of hydrogen-bond acceptors (Lipinski definition) is 14. The van der Waals surface area contributed by atoms with Gasteiger partial charge in [0.15, 0.2) is 0 Å². The van der Waals surface area contributed by atoms with Gasteiger partial charge in [0.2, 0.25) is 11.8 Å². The molecule has 2 saturated carbocycles. The summed E-state index contributed by atoms with van der Waals surface area (Å²) in [6, 6.07) is 19.8. The van der Waals surface area contributed by atoms with Crippen LogP contribution in [0.25, 0.3) is 44.1 Å². The molecule has 3 atom stereocenters. The van der Waals surface area contributed by atoms with Crippen molar-refractivity contribution in [1.82, 2.24) is 44.2 Å². The minimum Gasteiger partial charge on any atom is -0.474 e. The van der Waals surface area contributed by atoms with Crippen LogP contribution in [-0.2, 0) is 9.47 Å². The lowest BCUT2D eigenvalue weighted by atomic mass is 9.78. The van der Waals surface area contributed by atoms with Gasteiger partial charge in [0.25, 0.3) is 0 Å². The van der Waals surface area contributed by atoms with Gasteiger partial charge in [0.1, 0.15) is 29.6 Å². The van der Waals surface area contributed by atoms with Crippen LogP contribution in [0.4, 0.5) is 11.6 Å². The standard InChI is InChI=1S/C53H57N11O5/c1-34-50(35(2)69-60-34)37-26-42-45(56-31-37)29-48(61-18-22-65-23-19-61)59-53(42)68-47-13-10-39(64-17-15-55-33-64)27-44(47)51-41(36-6-4-3-5-7-36)28-43-46(57-51)30-49(62-20-24-66-25-21-62)58-52(43)67-40-11-8-38(9-12-40)63-16-14-54-32-63/h3-7,14-17,26,28-33,38-40,44,47H,8-13,18-25,27H2,1-2H3/t38?,39-,40?,44?,47+/m0/s1. The van der Waals surface area contributed by atoms with E-state index in [1.165, 1.54) is 0 Å². The van der Waals surface area contributed by atoms with Crippen LogP contribution in [-0.4, -0.2) is 109 Å². The van der Waals surface area contributed by atoms with Crippen LogP contribution in [0, 0.1) is 13.8 Å². The number of nitrogens with zero attached hydrogens (tertiary/aromatic N) is 11. The van der Waals surface area contributed by atoms with E-state index in [4.69, 9.17) is 43.4 Å². The largest absolute Gasteiger partial charge is 0.474 e. The minimum atomic E-state index is -0.294. The lowest BCUT2D eigenvalue weighted by Crippen LogP contribution is -2.37. The Balaban J connectivity index is 0.989. The number of hydrogen-bond donors (Lipinski definition) is 0. The summed E-state index contributed by atoms with van der Waals surface area (Å²) in [5, 5.41) is 5.99. The number of fused-ring (bicyclic) bond motifs is 2. The maximum absolute atomic E-state index is 7.47. The topological polar surface area (TPSA) is 157 Å². The third kappa shape index (κ3) is 8.75. The Morgan fingerprint density at radius 3 is 1.93 bits per heavy atom. The fourth-order valence-electron chi connectivity index (χ4n) is 11.0. The highest BCUT2D eigenvalue weighted by molar-refractivity contribution is 5.92. The maximum atomic E-state index is 7.47. The Kier molecular flexibility index (Phi) is 11.9. The van der Waals surface area contributed by atoms with E-state index >= 15 is 0 Å². The van der Waals surface area contributed by atoms with Crippen LogP contribution in [0.2, 0.25) is 0 Å². The average Bonchev–Trinajstić information content (AvgIpc) is 4.21. The Labute approximate surface area is 400 Å². The molecule has 1 unspecified atom stereocenters. The monoisotopic (exact) mass is 927 g/mol. The number of aromatic nitrogens is 9. The van der Waals surface area contributed by atoms with Gasteiger partial charge in [0.05, 0.1) is 72.3 Å². The molecule has 4 aliphatic rings. The summed E-state index contributed by atoms with van der Waals surface area (Å²) < 4.78 is 36.2. The molecule has 0 bridgehead atoms. The highest BCUT2D eigenvalue weighted by atomic mass is 16.5. The van der Waals surface area contributed by atoms with E-state index in [-0.39, 0.29) is 24.2 Å². The van der Waals surface area contributed by atoms with Gasteiger partial charge in [-0.3, -0.25) is 9.97 Å². The number of morpholine rings is 2. The minimum absolute atomic E-state index is 0.0236. The second kappa shape index (κ2) is 18.9. The SMILES string of the molecule is Cc1noc(C)c1-c1cnc2cc(N3CCOCC3)nc(O[C@@H]3CC[C@H](n4ccnc4)CC3c3nc4cc(N5CCOCC5)nc(OC5CCC(n6ccnc6)CC5)c4cc3-c3ccccc3)c2c1. The second-order valence-corrected chi connectivity index (χ2v) is 18.9. The Hall–Kier alpha value is -6.91. The normalized spacial score (nSPS) is 22.3. The lowest BCUT2D eigenvalue weighted by Gasteiger charge is -2.37. The zero-order valence-corrected chi connectivity index (χ0v) is 39.2. The molecular weight excluding hydrogens is 871 g/mol. The quantitative estimate of drug-likeness (QED) is 0.121. The van der Waals surface area contributed by atoms with Crippen molar-refractivity contribution in [2.45, 2.75) is 89.0 Å². The van der Waals surface area contributed by atoms with Crippen molar-refractivity contribution in [1.29, 1.82) is 0 Å². The Morgan fingerprint density at radius 2 is 1.28 bits per heavy atom. The molecule has 16 nitrogen and oxygen atoms in total. The van der Waals surface area contributed by atoms with Crippen molar-refractivity contribution in [2.24, 2.45) is 0 Å². The molecule has 0 spiro atoms. The fraction of sp³-hybridized carbons (Fsp3) is 0.415. The number of rotatable bonds is 11. The summed E-state index contributed by atoms with van der Waals surface area (Å²) in [5.74, 6) is 3.43. The van der Waals surface area contributed by atoms with Gasteiger partial charge in [-0.15, -0.1) is 0 Å². The van der Waals surface area contributed by atoms with Crippen molar-refractivity contribution in [3.8, 4) is 34.0 Å². The first-order valence-electron chi connectivity index (χ1n) is 24.6. The van der Waals surface area contributed by atoms with Gasteiger partial charge >= 0.3 is 0 Å². The number of anilines is 2. The molecule has 1 aromatic carbocycles. The highest BCUT2D eigenvalue weighted by Gasteiger charge is 2.38. The number of ether oxygens (including phenoxy) is 4. The molecule has 4 fully saturated rings. The molecule has 2 saturated heterocycles. The fourth-order valence-corrected chi connectivity index (χ4v) is 11.0. The van der Waals surface area contributed by atoms with Crippen LogP contribution >= 0.6 is 0 Å². The zero-order chi connectivity index (χ0) is 46.3. The van der Waals surface area contributed by atoms with E-state index in [2.05, 4.69) is 101 Å². The smallest absolute Gasteiger partial charge is 0.225 e. The first-order valence-corrected chi connectivity index (χ1v) is 24.6. The Bertz CT molecular complexity index is 3010. The summed E-state index contributed by atoms with van der Waals surface area (Å²) in [4.78, 5) is 34.9. The molecule has 0 N–H and O–H groups in total. The number of pyridine rings is 4. The molecule has 0 radical (unpaired) electrons. The number of imidazole rings is 2. The molecule has 0 amide bonds. The summed E-state index contributed by atoms with van der Waals surface area (Å²) in [5.41, 5.74) is 7.36. The molecule has 8 aromatic rings. The van der Waals surface area contributed by atoms with E-state index < -0.39 is 0 Å². The first kappa shape index (κ1) is 43.4. The van der Waals surface area contributed by atoms with Crippen LogP contribution < -0.4 is 19.3 Å². The van der Waals surface area contributed by atoms with E-state index in [0.29, 0.717) is 44.2 Å². The molecule has 9 heterocycles. The highest BCUT2D eigenvalue weighted by Crippen LogP contribution is 2.46. The van der Waals surface area contributed by atoms with Gasteiger partial charge in [-0.1, -0.05) is 35.5 Å². The summed E-state index contributed by atoms with van der Waals surface area (Å²) >= 11 is 0. The molecule has 69 heavy (non-hydrogen) atoms. The van der Waals surface area contributed by atoms with Gasteiger partial charge in [-0.25, -0.2) is 9.97 Å². The van der Waals surface area contributed by atoms with Gasteiger partial charge in [0, 0.05) is 104 Å². The van der Waals surface area contributed by atoms with E-state index in [9.17, 15) is 0 Å². The molecule has 12 rings (SSSR count). The summed E-state index contributed by atoms with van der Waals surface area (Å²) in [7, 11) is 0. The predicted octanol–water partition coefficient (Wildman–Crippen LogP) is 9.10. The average molecular weight is 928 g/mol. The van der Waals surface area contributed by atoms with Crippen molar-refractivity contribution in [3.63, 3.8) is 0 Å². The van der Waals surface area contributed by atoms with Crippen LogP contribution in [0.15, 0.2) is 103 Å². The van der Waals surface area contributed by atoms with Crippen molar-refractivity contribution in [3.05, 3.63) is 115 Å². The molecule has 2 aliphatic carbocycles. The first-order chi connectivity index (χ1) is 34.0. The number of aryl methyl sites for hydroxylation is 2. The summed E-state index contributed by atoms with van der Waals surface area (Å²) in [6.07, 6.45) is 19.6. The molecular formula is C53H57N11O5. The summed E-state index contributed by atoms with van der Waals surface area (Å²) in [6.45, 7) is 9.38. The van der Waals surface area contributed by atoms with E-state index in [1.807, 2.05) is 45.1 Å². The Morgan fingerprint density at radius 1 is 0.638 bits per heavy atom. The lowest BCUT2D eigenvalue weighted by molar-refractivity contribution is 0.103. The van der Waals surface area contributed by atoms with Crippen LogP contribution in [0.3, 0.4) is 0 Å². The van der Waals surface area contributed by atoms with E-state index in [0.717, 1.165) is 144 Å². The molecule has 2 aliphatic heterocycles. The third-order valence-corrected chi connectivity index (χ3v) is 14.7. The van der Waals surface area contributed by atoms with Crippen molar-refractivity contribution in [2.75, 3.05) is 62.4 Å². The molecule has 16 heteroatoms. The van der Waals surface area contributed by atoms with Crippen molar-refractivity contribution >= 4 is 33.4 Å². The second-order valence-electron chi connectivity index (χ2n) is 18.9. The predicted molar refractivity (Wildman–Crippen MR) is 262 cm³/mol. The third-order valence-electron chi connectivity index (χ3n) is 14.7. The van der Waals surface area contributed by atoms with E-state index in [1.54, 1.807) is 0 Å². The van der Waals surface area contributed by atoms with Crippen molar-refractivity contribution < 1.29 is 23.5 Å².